The highest BCUT2D eigenvalue weighted by molar-refractivity contribution is 5.38. The standard InChI is InChI=1S/C13H23N3O/c1-3-15-12(7-9-17-4-2)10-11-6-5-8-16-13(11)14/h5-6,8,12,15H,3-4,7,9-10H2,1-2H3,(H2,14,16). The fraction of sp³-hybridized carbons (Fsp3) is 0.615. The Labute approximate surface area is 104 Å². The highest BCUT2D eigenvalue weighted by Crippen LogP contribution is 2.11. The molecule has 0 aromatic carbocycles. The van der Waals surface area contributed by atoms with Gasteiger partial charge in [-0.15, -0.1) is 0 Å². The van der Waals surface area contributed by atoms with Gasteiger partial charge in [0.05, 0.1) is 0 Å². The molecule has 1 unspecified atom stereocenters. The molecule has 0 aliphatic rings. The fourth-order valence-corrected chi connectivity index (χ4v) is 1.82. The topological polar surface area (TPSA) is 60.2 Å². The van der Waals surface area contributed by atoms with Gasteiger partial charge < -0.3 is 15.8 Å². The molecule has 1 rings (SSSR count). The SMILES string of the molecule is CCNC(CCOCC)Cc1cccnc1N. The average Bonchev–Trinajstić information content (AvgIpc) is 2.32. The maximum absolute atomic E-state index is 5.85. The van der Waals surface area contributed by atoms with Crippen molar-refractivity contribution in [3.05, 3.63) is 23.9 Å². The van der Waals surface area contributed by atoms with Gasteiger partial charge in [0.1, 0.15) is 5.82 Å². The lowest BCUT2D eigenvalue weighted by molar-refractivity contribution is 0.136. The third-order valence-corrected chi connectivity index (χ3v) is 2.70. The van der Waals surface area contributed by atoms with E-state index in [9.17, 15) is 0 Å². The molecule has 0 saturated carbocycles. The minimum absolute atomic E-state index is 0.401. The smallest absolute Gasteiger partial charge is 0.126 e. The Morgan fingerprint density at radius 1 is 1.47 bits per heavy atom. The molecule has 3 N–H and O–H groups in total. The van der Waals surface area contributed by atoms with Crippen molar-refractivity contribution in [2.75, 3.05) is 25.5 Å². The number of hydrogen-bond acceptors (Lipinski definition) is 4. The van der Waals surface area contributed by atoms with E-state index in [0.717, 1.165) is 38.2 Å². The zero-order valence-corrected chi connectivity index (χ0v) is 10.8. The van der Waals surface area contributed by atoms with Crippen LogP contribution in [0.15, 0.2) is 18.3 Å². The summed E-state index contributed by atoms with van der Waals surface area (Å²) in [6, 6.07) is 4.36. The molecule has 0 aliphatic heterocycles. The summed E-state index contributed by atoms with van der Waals surface area (Å²) in [5, 5.41) is 3.45. The Morgan fingerprint density at radius 2 is 2.29 bits per heavy atom. The lowest BCUT2D eigenvalue weighted by Gasteiger charge is -2.18. The first-order chi connectivity index (χ1) is 8.27. The number of nitrogens with two attached hydrogens (primary N) is 1. The lowest BCUT2D eigenvalue weighted by atomic mass is 10.0. The molecule has 1 heterocycles. The van der Waals surface area contributed by atoms with E-state index in [-0.39, 0.29) is 0 Å². The van der Waals surface area contributed by atoms with Crippen LogP contribution in [0.4, 0.5) is 5.82 Å². The van der Waals surface area contributed by atoms with E-state index >= 15 is 0 Å². The third kappa shape index (κ3) is 5.15. The van der Waals surface area contributed by atoms with Crippen LogP contribution in [0.5, 0.6) is 0 Å². The number of rotatable bonds is 8. The van der Waals surface area contributed by atoms with E-state index in [4.69, 9.17) is 10.5 Å². The zero-order chi connectivity index (χ0) is 12.5. The number of nitrogens with one attached hydrogen (secondary N) is 1. The van der Waals surface area contributed by atoms with E-state index in [1.54, 1.807) is 6.20 Å². The van der Waals surface area contributed by atoms with Crippen molar-refractivity contribution in [1.82, 2.24) is 10.3 Å². The first kappa shape index (κ1) is 13.9. The number of hydrogen-bond donors (Lipinski definition) is 2. The molecule has 0 saturated heterocycles. The van der Waals surface area contributed by atoms with Crippen LogP contribution in [0.1, 0.15) is 25.8 Å². The molecule has 1 atom stereocenters. The molecule has 17 heavy (non-hydrogen) atoms. The number of aromatic nitrogens is 1. The average molecular weight is 237 g/mol. The third-order valence-electron chi connectivity index (χ3n) is 2.70. The summed E-state index contributed by atoms with van der Waals surface area (Å²) >= 11 is 0. The summed E-state index contributed by atoms with van der Waals surface area (Å²) in [5.41, 5.74) is 6.96. The van der Waals surface area contributed by atoms with Crippen LogP contribution in [0.3, 0.4) is 0 Å². The molecule has 4 nitrogen and oxygen atoms in total. The van der Waals surface area contributed by atoms with Crippen molar-refractivity contribution in [2.24, 2.45) is 0 Å². The summed E-state index contributed by atoms with van der Waals surface area (Å²) in [5.74, 6) is 0.631. The van der Waals surface area contributed by atoms with Crippen LogP contribution in [0.2, 0.25) is 0 Å². The molecular formula is C13H23N3O. The quantitative estimate of drug-likeness (QED) is 0.674. The second-order valence-electron chi connectivity index (χ2n) is 3.99. The van der Waals surface area contributed by atoms with Gasteiger partial charge in [0, 0.05) is 25.5 Å². The van der Waals surface area contributed by atoms with E-state index in [1.165, 1.54) is 0 Å². The molecule has 0 radical (unpaired) electrons. The first-order valence-corrected chi connectivity index (χ1v) is 6.28. The predicted octanol–water partition coefficient (Wildman–Crippen LogP) is 1.61. The van der Waals surface area contributed by atoms with Crippen LogP contribution in [-0.4, -0.2) is 30.8 Å². The second kappa shape index (κ2) is 8.03. The van der Waals surface area contributed by atoms with Crippen LogP contribution >= 0.6 is 0 Å². The summed E-state index contributed by atoms with van der Waals surface area (Å²) < 4.78 is 5.39. The van der Waals surface area contributed by atoms with Gasteiger partial charge in [0.2, 0.25) is 0 Å². The minimum atomic E-state index is 0.401. The van der Waals surface area contributed by atoms with Crippen molar-refractivity contribution in [2.45, 2.75) is 32.7 Å². The van der Waals surface area contributed by atoms with Crippen LogP contribution in [0.25, 0.3) is 0 Å². The van der Waals surface area contributed by atoms with E-state index < -0.39 is 0 Å². The number of likely N-dealkylation sites (N-methyl/N-ethyl adjacent to an activating group) is 1. The van der Waals surface area contributed by atoms with Crippen LogP contribution in [-0.2, 0) is 11.2 Å². The molecule has 1 aromatic heterocycles. The van der Waals surface area contributed by atoms with Gasteiger partial charge in [-0.1, -0.05) is 13.0 Å². The Kier molecular flexibility index (Phi) is 6.58. The van der Waals surface area contributed by atoms with Crippen LogP contribution < -0.4 is 11.1 Å². The Morgan fingerprint density at radius 3 is 2.94 bits per heavy atom. The molecule has 1 aromatic rings. The normalized spacial score (nSPS) is 12.6. The lowest BCUT2D eigenvalue weighted by Crippen LogP contribution is -2.32. The van der Waals surface area contributed by atoms with Crippen molar-refractivity contribution < 1.29 is 4.74 Å². The predicted molar refractivity (Wildman–Crippen MR) is 70.9 cm³/mol. The molecule has 0 spiro atoms. The number of pyridine rings is 1. The number of nitrogens with zero attached hydrogens (tertiary/aromatic N) is 1. The molecule has 0 aliphatic carbocycles. The molecule has 96 valence electrons. The van der Waals surface area contributed by atoms with Gasteiger partial charge in [0.25, 0.3) is 0 Å². The van der Waals surface area contributed by atoms with E-state index in [2.05, 4.69) is 17.2 Å². The van der Waals surface area contributed by atoms with Crippen molar-refractivity contribution in [1.29, 1.82) is 0 Å². The van der Waals surface area contributed by atoms with Gasteiger partial charge in [-0.05, 0) is 37.9 Å². The highest BCUT2D eigenvalue weighted by Gasteiger charge is 2.10. The van der Waals surface area contributed by atoms with Crippen molar-refractivity contribution in [3.8, 4) is 0 Å². The first-order valence-electron chi connectivity index (χ1n) is 6.28. The summed E-state index contributed by atoms with van der Waals surface area (Å²) in [4.78, 5) is 4.11. The zero-order valence-electron chi connectivity index (χ0n) is 10.8. The monoisotopic (exact) mass is 237 g/mol. The highest BCUT2D eigenvalue weighted by atomic mass is 16.5. The molecule has 4 heteroatoms. The fourth-order valence-electron chi connectivity index (χ4n) is 1.82. The van der Waals surface area contributed by atoms with Gasteiger partial charge in [0.15, 0.2) is 0 Å². The van der Waals surface area contributed by atoms with Gasteiger partial charge >= 0.3 is 0 Å². The molecule has 0 bridgehead atoms. The van der Waals surface area contributed by atoms with Gasteiger partial charge in [-0.2, -0.15) is 0 Å². The van der Waals surface area contributed by atoms with E-state index in [1.807, 2.05) is 19.1 Å². The molecular weight excluding hydrogens is 214 g/mol. The maximum atomic E-state index is 5.85. The minimum Gasteiger partial charge on any atom is -0.383 e. The van der Waals surface area contributed by atoms with Gasteiger partial charge in [-0.3, -0.25) is 0 Å². The Balaban J connectivity index is 2.50. The largest absolute Gasteiger partial charge is 0.383 e. The Hall–Kier alpha value is -1.13. The number of anilines is 1. The van der Waals surface area contributed by atoms with Crippen molar-refractivity contribution in [3.63, 3.8) is 0 Å². The van der Waals surface area contributed by atoms with Crippen molar-refractivity contribution >= 4 is 5.82 Å². The van der Waals surface area contributed by atoms with Gasteiger partial charge in [-0.25, -0.2) is 4.98 Å². The maximum Gasteiger partial charge on any atom is 0.126 e. The number of nitrogen functional groups attached to an aromatic ring is 1. The summed E-state index contributed by atoms with van der Waals surface area (Å²) in [7, 11) is 0. The van der Waals surface area contributed by atoms with Crippen LogP contribution in [0, 0.1) is 0 Å². The number of ether oxygens (including phenoxy) is 1. The molecule has 0 fully saturated rings. The van der Waals surface area contributed by atoms with E-state index in [0.29, 0.717) is 11.9 Å². The summed E-state index contributed by atoms with van der Waals surface area (Å²) in [6.45, 7) is 6.64. The summed E-state index contributed by atoms with van der Waals surface area (Å²) in [6.07, 6.45) is 3.62. The Bertz CT molecular complexity index is 317. The second-order valence-corrected chi connectivity index (χ2v) is 3.99. The molecule has 0 amide bonds.